The van der Waals surface area contributed by atoms with E-state index in [-0.39, 0.29) is 40.7 Å². The van der Waals surface area contributed by atoms with E-state index in [4.69, 9.17) is 4.74 Å². The van der Waals surface area contributed by atoms with Gasteiger partial charge in [-0.15, -0.1) is 0 Å². The third-order valence-corrected chi connectivity index (χ3v) is 7.63. The van der Waals surface area contributed by atoms with Crippen LogP contribution in [0.5, 0.6) is 0 Å². The lowest BCUT2D eigenvalue weighted by Crippen LogP contribution is -2.54. The third kappa shape index (κ3) is 3.05. The van der Waals surface area contributed by atoms with Crippen molar-refractivity contribution in [3.05, 3.63) is 23.8 Å². The minimum atomic E-state index is -0.516. The summed E-state index contributed by atoms with van der Waals surface area (Å²) in [4.78, 5) is 11.5. The highest BCUT2D eigenvalue weighted by atomic mass is 16.5. The number of hydrogen-bond acceptors (Lipinski definition) is 4. The monoisotopic (exact) mass is 362 g/mol. The van der Waals surface area contributed by atoms with Crippen LogP contribution >= 0.6 is 0 Å². The molecule has 0 aromatic heterocycles. The molecule has 0 spiro atoms. The Bertz CT molecular complexity index is 634. The van der Waals surface area contributed by atoms with Crippen molar-refractivity contribution in [3.63, 3.8) is 0 Å². The molecule has 0 amide bonds. The van der Waals surface area contributed by atoms with Crippen molar-refractivity contribution in [3.8, 4) is 0 Å². The normalized spacial score (nSPS) is 45.0. The fourth-order valence-electron chi connectivity index (χ4n) is 6.35. The first-order valence-corrected chi connectivity index (χ1v) is 9.87. The van der Waals surface area contributed by atoms with Crippen LogP contribution in [0.3, 0.4) is 0 Å². The van der Waals surface area contributed by atoms with Crippen LogP contribution in [0, 0.1) is 28.6 Å². The maximum Gasteiger partial charge on any atom is 0.303 e. The van der Waals surface area contributed by atoms with Gasteiger partial charge in [0.25, 0.3) is 0 Å². The van der Waals surface area contributed by atoms with Gasteiger partial charge in [-0.3, -0.25) is 4.79 Å². The number of hydrogen-bond donors (Lipinski definition) is 2. The molecule has 2 N–H and O–H groups in total. The maximum absolute atomic E-state index is 11.5. The Morgan fingerprint density at radius 2 is 1.96 bits per heavy atom. The van der Waals surface area contributed by atoms with Gasteiger partial charge in [0, 0.05) is 12.8 Å². The lowest BCUT2D eigenvalue weighted by Gasteiger charge is -2.57. The zero-order chi connectivity index (χ0) is 19.4. The molecule has 3 aliphatic carbocycles. The second-order valence-corrected chi connectivity index (χ2v) is 9.73. The Labute approximate surface area is 157 Å². The predicted molar refractivity (Wildman–Crippen MR) is 101 cm³/mol. The van der Waals surface area contributed by atoms with Crippen LogP contribution in [0.1, 0.15) is 60.3 Å². The highest BCUT2D eigenvalue weighted by molar-refractivity contribution is 5.66. The van der Waals surface area contributed by atoms with Gasteiger partial charge in [-0.1, -0.05) is 39.0 Å². The summed E-state index contributed by atoms with van der Waals surface area (Å²) < 4.78 is 5.52. The SMILES string of the molecule is C=C1C(OC(C)=O)CCC2(C)CC(O)C3C(C)=CC(O)C(CC12)C3(C)C. The Morgan fingerprint density at radius 3 is 2.58 bits per heavy atom. The molecule has 0 saturated heterocycles. The standard InChI is InChI=1S/C22H34O4/c1-12-9-17(24)16-10-15-13(2)19(26-14(3)23)7-8-22(15,6)11-18(25)20(12)21(16,4)5/h9,15-20,24-25H,2,7-8,10-11H2,1,3-6H3. The maximum atomic E-state index is 11.5. The average Bonchev–Trinajstić information content (AvgIpc) is 2.47. The molecule has 4 nitrogen and oxygen atoms in total. The molecule has 2 fully saturated rings. The van der Waals surface area contributed by atoms with E-state index >= 15 is 0 Å². The van der Waals surface area contributed by atoms with Crippen molar-refractivity contribution in [2.45, 2.75) is 78.6 Å². The third-order valence-electron chi connectivity index (χ3n) is 7.63. The van der Waals surface area contributed by atoms with E-state index in [9.17, 15) is 15.0 Å². The summed E-state index contributed by atoms with van der Waals surface area (Å²) in [6.45, 7) is 14.4. The fourth-order valence-corrected chi connectivity index (χ4v) is 6.35. The van der Waals surface area contributed by atoms with Crippen molar-refractivity contribution in [2.24, 2.45) is 28.6 Å². The zero-order valence-electron chi connectivity index (χ0n) is 16.8. The summed E-state index contributed by atoms with van der Waals surface area (Å²) in [6.07, 6.45) is 3.90. The molecule has 3 rings (SSSR count). The molecule has 26 heavy (non-hydrogen) atoms. The Balaban J connectivity index is 2.01. The van der Waals surface area contributed by atoms with Gasteiger partial charge in [0.05, 0.1) is 12.2 Å². The molecular formula is C22H34O4. The van der Waals surface area contributed by atoms with E-state index in [1.807, 2.05) is 13.0 Å². The number of rotatable bonds is 1. The highest BCUT2D eigenvalue weighted by Crippen LogP contribution is 2.59. The fraction of sp³-hybridized carbons (Fsp3) is 0.773. The summed E-state index contributed by atoms with van der Waals surface area (Å²) in [7, 11) is 0. The van der Waals surface area contributed by atoms with Gasteiger partial charge >= 0.3 is 5.97 Å². The van der Waals surface area contributed by atoms with Crippen molar-refractivity contribution in [2.75, 3.05) is 0 Å². The summed E-state index contributed by atoms with van der Waals surface area (Å²) in [6, 6.07) is 0. The number of carbonyl (C=O) groups is 1. The Hall–Kier alpha value is -1.13. The molecule has 0 aromatic carbocycles. The number of esters is 1. The lowest BCUT2D eigenvalue weighted by molar-refractivity contribution is -0.149. The van der Waals surface area contributed by atoms with Gasteiger partial charge in [0.15, 0.2) is 0 Å². The van der Waals surface area contributed by atoms with Gasteiger partial charge in [-0.2, -0.15) is 0 Å². The van der Waals surface area contributed by atoms with Crippen LogP contribution in [-0.2, 0) is 9.53 Å². The van der Waals surface area contributed by atoms with Crippen LogP contribution < -0.4 is 0 Å². The number of fused-ring (bicyclic) bond motifs is 3. The van der Waals surface area contributed by atoms with E-state index in [1.54, 1.807) is 0 Å². The largest absolute Gasteiger partial charge is 0.458 e. The molecule has 7 atom stereocenters. The molecule has 0 aliphatic heterocycles. The quantitative estimate of drug-likeness (QED) is 0.552. The average molecular weight is 363 g/mol. The van der Waals surface area contributed by atoms with Crippen molar-refractivity contribution >= 4 is 5.97 Å². The second-order valence-electron chi connectivity index (χ2n) is 9.73. The van der Waals surface area contributed by atoms with Crippen LogP contribution in [0.15, 0.2) is 23.8 Å². The first-order chi connectivity index (χ1) is 12.0. The molecule has 0 aromatic rings. The molecule has 4 heteroatoms. The topological polar surface area (TPSA) is 66.8 Å². The van der Waals surface area contributed by atoms with E-state index in [0.29, 0.717) is 6.42 Å². The zero-order valence-corrected chi connectivity index (χ0v) is 16.8. The van der Waals surface area contributed by atoms with E-state index < -0.39 is 12.2 Å². The number of aliphatic hydroxyl groups excluding tert-OH is 2. The molecule has 0 radical (unpaired) electrons. The summed E-state index contributed by atoms with van der Waals surface area (Å²) in [5, 5.41) is 22.0. The first-order valence-electron chi connectivity index (χ1n) is 9.87. The van der Waals surface area contributed by atoms with Crippen LogP contribution in [0.2, 0.25) is 0 Å². The van der Waals surface area contributed by atoms with Crippen LogP contribution in [0.25, 0.3) is 0 Å². The summed E-state index contributed by atoms with van der Waals surface area (Å²) in [5.74, 6) is -0.0411. The minimum Gasteiger partial charge on any atom is -0.458 e. The lowest BCUT2D eigenvalue weighted by atomic mass is 9.49. The molecule has 0 heterocycles. The number of aliphatic hydroxyl groups is 2. The number of carbonyl (C=O) groups excluding carboxylic acids is 1. The second kappa shape index (κ2) is 6.49. The van der Waals surface area contributed by atoms with Crippen molar-refractivity contribution in [1.29, 1.82) is 0 Å². The minimum absolute atomic E-state index is 0.0447. The molecule has 2 saturated carbocycles. The van der Waals surface area contributed by atoms with E-state index in [1.165, 1.54) is 6.92 Å². The summed E-state index contributed by atoms with van der Waals surface area (Å²) >= 11 is 0. The van der Waals surface area contributed by atoms with Crippen LogP contribution in [0.4, 0.5) is 0 Å². The molecule has 3 aliphatic rings. The number of ether oxygens (including phenoxy) is 1. The van der Waals surface area contributed by atoms with Gasteiger partial charge in [0.1, 0.15) is 6.10 Å². The van der Waals surface area contributed by atoms with Crippen LogP contribution in [-0.4, -0.2) is 34.5 Å². The summed E-state index contributed by atoms with van der Waals surface area (Å²) in [5.41, 5.74) is 1.76. The van der Waals surface area contributed by atoms with Crippen molar-refractivity contribution in [1.82, 2.24) is 0 Å². The molecule has 7 unspecified atom stereocenters. The Morgan fingerprint density at radius 1 is 1.31 bits per heavy atom. The molecule has 2 bridgehead atoms. The molecular weight excluding hydrogens is 328 g/mol. The Kier molecular flexibility index (Phi) is 4.90. The van der Waals surface area contributed by atoms with Gasteiger partial charge in [0.2, 0.25) is 0 Å². The first kappa shape index (κ1) is 19.6. The van der Waals surface area contributed by atoms with E-state index in [2.05, 4.69) is 27.4 Å². The van der Waals surface area contributed by atoms with Gasteiger partial charge < -0.3 is 14.9 Å². The highest BCUT2D eigenvalue weighted by Gasteiger charge is 2.55. The van der Waals surface area contributed by atoms with Crippen molar-refractivity contribution < 1.29 is 19.7 Å². The smallest absolute Gasteiger partial charge is 0.303 e. The van der Waals surface area contributed by atoms with Gasteiger partial charge in [-0.05, 0) is 60.8 Å². The molecule has 146 valence electrons. The van der Waals surface area contributed by atoms with E-state index in [0.717, 1.165) is 30.4 Å². The predicted octanol–water partition coefficient (Wildman–Crippen LogP) is 3.62. The van der Waals surface area contributed by atoms with Gasteiger partial charge in [-0.25, -0.2) is 0 Å².